The molecule has 0 spiro atoms. The highest BCUT2D eigenvalue weighted by molar-refractivity contribution is 6.09. The smallest absolute Gasteiger partial charge is 0.269 e. The number of rotatable bonds is 11. The van der Waals surface area contributed by atoms with Crippen molar-refractivity contribution in [3.05, 3.63) is 199 Å². The highest BCUT2D eigenvalue weighted by atomic mass is 16.5. The largest absolute Gasteiger partial charge is 0.458 e. The minimum atomic E-state index is -1.55. The summed E-state index contributed by atoms with van der Waals surface area (Å²) in [7, 11) is 0. The number of hydrogen-bond acceptors (Lipinski definition) is 2. The van der Waals surface area contributed by atoms with Gasteiger partial charge in [0.15, 0.2) is 0 Å². The van der Waals surface area contributed by atoms with Crippen LogP contribution in [0, 0.1) is 18.2 Å². The van der Waals surface area contributed by atoms with Gasteiger partial charge in [-0.2, -0.15) is 0 Å². The van der Waals surface area contributed by atoms with Gasteiger partial charge in [-0.3, -0.25) is 13.7 Å². The van der Waals surface area contributed by atoms with E-state index < -0.39 is 12.7 Å². The topological polar surface area (TPSA) is 35.9 Å². The second kappa shape index (κ2) is 17.0. The average molecular weight is 853 g/mol. The van der Waals surface area contributed by atoms with E-state index in [1.54, 1.807) is 0 Å². The number of pyridine rings is 1. The number of aromatic nitrogens is 4. The predicted molar refractivity (Wildman–Crippen MR) is 269 cm³/mol. The Balaban J connectivity index is 1.11. The van der Waals surface area contributed by atoms with E-state index in [1.165, 1.54) is 5.56 Å². The SMILES string of the molecule is [2H]C([2H])(c1cccc(-c2cccc(-c3cccc(C([2H])([2H])C(C)C)c3)c2-[n+]2[c-]n(-c3cccc(Oc4ccc5c6ccccc6n(-c6cc(C(C)(C)C)ccn6)c5c4)c3)c3ccccc32)c1)C(C)C. The highest BCUT2D eigenvalue weighted by Crippen LogP contribution is 2.38. The van der Waals surface area contributed by atoms with Crippen molar-refractivity contribution < 1.29 is 14.8 Å². The van der Waals surface area contributed by atoms with E-state index in [2.05, 4.69) is 120 Å². The number of imidazole rings is 1. The summed E-state index contributed by atoms with van der Waals surface area (Å²) in [6.45, 7) is 14.3. The molecule has 0 aliphatic heterocycles. The summed E-state index contributed by atoms with van der Waals surface area (Å²) in [5, 5.41) is 2.26. The Labute approximate surface area is 388 Å². The molecule has 0 saturated carbocycles. The van der Waals surface area contributed by atoms with E-state index >= 15 is 0 Å². The fourth-order valence-electron chi connectivity index (χ4n) is 8.98. The van der Waals surface area contributed by atoms with Crippen LogP contribution in [0.1, 0.15) is 70.6 Å². The molecule has 0 aliphatic carbocycles. The second-order valence-electron chi connectivity index (χ2n) is 18.5. The van der Waals surface area contributed by atoms with Gasteiger partial charge in [0, 0.05) is 28.5 Å². The lowest BCUT2D eigenvalue weighted by Gasteiger charge is -2.20. The van der Waals surface area contributed by atoms with E-state index in [4.69, 9.17) is 15.2 Å². The van der Waals surface area contributed by atoms with E-state index in [-0.39, 0.29) is 17.3 Å². The van der Waals surface area contributed by atoms with Gasteiger partial charge in [0.2, 0.25) is 0 Å². The third-order valence-corrected chi connectivity index (χ3v) is 11.9. The van der Waals surface area contributed by atoms with Crippen LogP contribution in [0.2, 0.25) is 0 Å². The summed E-state index contributed by atoms with van der Waals surface area (Å²) in [5.41, 5.74) is 11.5. The van der Waals surface area contributed by atoms with E-state index in [1.807, 2.05) is 125 Å². The number of benzene rings is 7. The van der Waals surface area contributed by atoms with Crippen LogP contribution in [0.15, 0.2) is 176 Å². The lowest BCUT2D eigenvalue weighted by molar-refractivity contribution is -0.571. The zero-order chi connectivity index (χ0) is 48.4. The van der Waals surface area contributed by atoms with Gasteiger partial charge in [-0.25, -0.2) is 4.98 Å². The van der Waals surface area contributed by atoms with Gasteiger partial charge < -0.3 is 4.74 Å². The van der Waals surface area contributed by atoms with Crippen molar-refractivity contribution in [1.82, 2.24) is 14.1 Å². The fraction of sp³-hybridized carbons (Fsp3) is 0.200. The van der Waals surface area contributed by atoms with Crippen LogP contribution in [0.25, 0.3) is 72.3 Å². The van der Waals surface area contributed by atoms with Gasteiger partial charge in [0.05, 0.1) is 33.4 Å². The lowest BCUT2D eigenvalue weighted by Crippen LogP contribution is -2.31. The van der Waals surface area contributed by atoms with E-state index in [0.29, 0.717) is 22.6 Å². The molecule has 0 amide bonds. The number of ether oxygens (including phenoxy) is 1. The fourth-order valence-corrected chi connectivity index (χ4v) is 8.98. The first-order valence-corrected chi connectivity index (χ1v) is 22.6. The number of para-hydroxylation sites is 4. The summed E-state index contributed by atoms with van der Waals surface area (Å²) in [4.78, 5) is 4.87. The van der Waals surface area contributed by atoms with Crippen LogP contribution in [-0.4, -0.2) is 14.1 Å². The summed E-state index contributed by atoms with van der Waals surface area (Å²) in [6.07, 6.45) is 2.56. The molecule has 3 aromatic heterocycles. The van der Waals surface area contributed by atoms with E-state index in [0.717, 1.165) is 72.3 Å². The van der Waals surface area contributed by atoms with Gasteiger partial charge in [-0.15, -0.1) is 0 Å². The Kier molecular flexibility index (Phi) is 9.74. The van der Waals surface area contributed by atoms with E-state index in [9.17, 15) is 0 Å². The standard InChI is InChI=1S/C60H56N4O/c1-40(2)32-42-16-12-18-44(34-42)50-23-15-24-51(45-19-13-17-43(35-45)33-41(3)4)59(50)63-39-62(55-26-10-11-27-56(55)63)47-20-14-21-48(37-47)65-49-28-29-53-52-22-8-9-25-54(52)64(57(53)38-49)58-36-46(30-31-61-58)60(5,6)7/h8-31,34-38,40-41H,32-33H2,1-7H3/i32D2,33D2. The summed E-state index contributed by atoms with van der Waals surface area (Å²) < 4.78 is 49.2. The monoisotopic (exact) mass is 852 g/mol. The van der Waals surface area contributed by atoms with Crippen molar-refractivity contribution in [1.29, 1.82) is 0 Å². The summed E-state index contributed by atoms with van der Waals surface area (Å²) in [6, 6.07) is 57.0. The van der Waals surface area contributed by atoms with Crippen molar-refractivity contribution in [2.45, 2.75) is 66.6 Å². The highest BCUT2D eigenvalue weighted by Gasteiger charge is 2.22. The molecule has 3 heterocycles. The molecular formula is C60H56N4O. The molecule has 0 atom stereocenters. The van der Waals surface area contributed by atoms with Crippen molar-refractivity contribution in [2.24, 2.45) is 11.8 Å². The lowest BCUT2D eigenvalue weighted by atomic mass is 9.88. The Hall–Kier alpha value is -7.24. The molecule has 10 aromatic rings. The first kappa shape index (κ1) is 37.2. The Morgan fingerprint density at radius 1 is 0.600 bits per heavy atom. The summed E-state index contributed by atoms with van der Waals surface area (Å²) in [5.74, 6) is 1.74. The maximum Gasteiger partial charge on any atom is 0.269 e. The maximum absolute atomic E-state index is 9.02. The average Bonchev–Trinajstić information content (AvgIpc) is 3.89. The molecule has 10 rings (SSSR count). The molecule has 322 valence electrons. The van der Waals surface area contributed by atoms with Crippen LogP contribution in [0.3, 0.4) is 0 Å². The van der Waals surface area contributed by atoms with Gasteiger partial charge in [-0.1, -0.05) is 164 Å². The zero-order valence-electron chi connectivity index (χ0n) is 42.1. The van der Waals surface area contributed by atoms with Crippen molar-refractivity contribution in [3.8, 4) is 50.9 Å². The van der Waals surface area contributed by atoms with Gasteiger partial charge in [0.25, 0.3) is 6.33 Å². The zero-order valence-corrected chi connectivity index (χ0v) is 38.1. The summed E-state index contributed by atoms with van der Waals surface area (Å²) >= 11 is 0. The molecule has 0 aliphatic rings. The van der Waals surface area contributed by atoms with Crippen molar-refractivity contribution in [2.75, 3.05) is 0 Å². The molecule has 65 heavy (non-hydrogen) atoms. The molecule has 0 unspecified atom stereocenters. The molecule has 5 heteroatoms. The third-order valence-electron chi connectivity index (χ3n) is 11.9. The van der Waals surface area contributed by atoms with Crippen LogP contribution in [0.5, 0.6) is 11.5 Å². The van der Waals surface area contributed by atoms with Gasteiger partial charge >= 0.3 is 0 Å². The third kappa shape index (κ3) is 8.24. The van der Waals surface area contributed by atoms with Crippen molar-refractivity contribution in [3.63, 3.8) is 0 Å². The Morgan fingerprint density at radius 3 is 1.91 bits per heavy atom. The predicted octanol–water partition coefficient (Wildman–Crippen LogP) is 15.0. The minimum absolute atomic E-state index is 0.0423. The first-order chi connectivity index (χ1) is 33.0. The molecule has 7 aromatic carbocycles. The van der Waals surface area contributed by atoms with Crippen LogP contribution in [-0.2, 0) is 18.2 Å². The van der Waals surface area contributed by atoms with Gasteiger partial charge in [0.1, 0.15) is 17.3 Å². The molecule has 0 bridgehead atoms. The van der Waals surface area contributed by atoms with Crippen LogP contribution in [0.4, 0.5) is 0 Å². The molecule has 5 nitrogen and oxygen atoms in total. The maximum atomic E-state index is 9.02. The van der Waals surface area contributed by atoms with Crippen molar-refractivity contribution >= 4 is 32.8 Å². The molecule has 0 saturated heterocycles. The Morgan fingerprint density at radius 2 is 1.22 bits per heavy atom. The molecule has 0 fully saturated rings. The number of fused-ring (bicyclic) bond motifs is 4. The number of nitrogens with zero attached hydrogens (tertiary/aromatic N) is 4. The molecule has 0 radical (unpaired) electrons. The first-order valence-electron chi connectivity index (χ1n) is 24.6. The Bertz CT molecular complexity index is 3480. The molecular weight excluding hydrogens is 793 g/mol. The van der Waals surface area contributed by atoms with Crippen LogP contribution >= 0.6 is 0 Å². The quantitative estimate of drug-likeness (QED) is 0.0960. The second-order valence-corrected chi connectivity index (χ2v) is 18.5. The van der Waals surface area contributed by atoms with Gasteiger partial charge in [-0.05, 0) is 117 Å². The number of hydrogen-bond donors (Lipinski definition) is 0. The minimum Gasteiger partial charge on any atom is -0.458 e. The molecule has 0 N–H and O–H groups in total. The normalized spacial score (nSPS) is 13.4. The van der Waals surface area contributed by atoms with Crippen LogP contribution < -0.4 is 9.30 Å².